The van der Waals surface area contributed by atoms with Crippen LogP contribution in [-0.4, -0.2) is 33.8 Å². The fraction of sp³-hybridized carbons (Fsp3) is 0.350. The van der Waals surface area contributed by atoms with Gasteiger partial charge in [-0.1, -0.05) is 12.1 Å². The van der Waals surface area contributed by atoms with Crippen molar-refractivity contribution in [3.05, 3.63) is 58.4 Å². The van der Waals surface area contributed by atoms with E-state index in [4.69, 9.17) is 4.74 Å². The van der Waals surface area contributed by atoms with E-state index in [9.17, 15) is 4.79 Å². The number of aromatic nitrogens is 3. The molecule has 6 nitrogen and oxygen atoms in total. The summed E-state index contributed by atoms with van der Waals surface area (Å²) in [5.41, 5.74) is 3.98. The summed E-state index contributed by atoms with van der Waals surface area (Å²) < 4.78 is 7.26. The number of amides is 1. The molecule has 1 amide bonds. The molecular weight excluding hydrogens is 360 g/mol. The highest BCUT2D eigenvalue weighted by atomic mass is 32.1. The molecule has 0 saturated heterocycles. The second-order valence-electron chi connectivity index (χ2n) is 6.31. The molecule has 1 aromatic carbocycles. The maximum absolute atomic E-state index is 12.1. The Morgan fingerprint density at radius 1 is 1.26 bits per heavy atom. The number of nitrogens with zero attached hydrogens (tertiary/aromatic N) is 3. The van der Waals surface area contributed by atoms with Gasteiger partial charge in [0.2, 0.25) is 11.0 Å². The summed E-state index contributed by atoms with van der Waals surface area (Å²) in [6.45, 7) is 7.14. The Labute approximate surface area is 163 Å². The summed E-state index contributed by atoms with van der Waals surface area (Å²) in [6.07, 6.45) is 1.06. The second kappa shape index (κ2) is 8.81. The van der Waals surface area contributed by atoms with Crippen molar-refractivity contribution in [2.75, 3.05) is 13.2 Å². The number of aryl methyl sites for hydroxylation is 2. The van der Waals surface area contributed by atoms with E-state index in [0.717, 1.165) is 33.5 Å². The summed E-state index contributed by atoms with van der Waals surface area (Å²) in [7, 11) is 0. The van der Waals surface area contributed by atoms with Crippen molar-refractivity contribution in [2.45, 2.75) is 33.6 Å². The summed E-state index contributed by atoms with van der Waals surface area (Å²) in [5, 5.41) is 10.3. The largest absolute Gasteiger partial charge is 0.494 e. The third-order valence-corrected chi connectivity index (χ3v) is 4.90. The topological polar surface area (TPSA) is 69.0 Å². The number of benzene rings is 1. The van der Waals surface area contributed by atoms with Gasteiger partial charge in [0.1, 0.15) is 5.75 Å². The molecule has 7 heteroatoms. The fourth-order valence-electron chi connectivity index (χ4n) is 2.78. The van der Waals surface area contributed by atoms with Gasteiger partial charge in [-0.05, 0) is 44.5 Å². The van der Waals surface area contributed by atoms with Crippen LogP contribution in [-0.2, 0) is 17.6 Å². The summed E-state index contributed by atoms with van der Waals surface area (Å²) in [5.74, 6) is 0.830. The van der Waals surface area contributed by atoms with Crippen LogP contribution in [0.15, 0.2) is 35.7 Å². The average molecular weight is 385 g/mol. The molecule has 0 saturated carbocycles. The van der Waals surface area contributed by atoms with E-state index < -0.39 is 0 Å². The third-order valence-electron chi connectivity index (χ3n) is 4.03. The molecular formula is C20H24N4O2S. The van der Waals surface area contributed by atoms with Crippen LogP contribution in [0.1, 0.15) is 29.6 Å². The Bertz CT molecular complexity index is 899. The van der Waals surface area contributed by atoms with Crippen LogP contribution in [0.25, 0.3) is 5.13 Å². The standard InChI is InChI=1S/C20H24N4O2S/c1-4-26-18-7-5-16(6-8-18)12-19(25)21-10-9-17-13-27-20(22-17)24-15(3)11-14(2)23-24/h5-8,11,13H,4,9-10,12H2,1-3H3,(H,21,25). The number of carbonyl (C=O) groups is 1. The summed E-state index contributed by atoms with van der Waals surface area (Å²) in [4.78, 5) is 16.7. The Hall–Kier alpha value is -2.67. The van der Waals surface area contributed by atoms with Crippen LogP contribution in [0.4, 0.5) is 0 Å². The minimum absolute atomic E-state index is 0.00755. The lowest BCUT2D eigenvalue weighted by atomic mass is 10.1. The predicted molar refractivity (Wildman–Crippen MR) is 107 cm³/mol. The van der Waals surface area contributed by atoms with Gasteiger partial charge in [-0.2, -0.15) is 5.10 Å². The zero-order chi connectivity index (χ0) is 19.2. The van der Waals surface area contributed by atoms with Gasteiger partial charge in [0.15, 0.2) is 0 Å². The zero-order valence-electron chi connectivity index (χ0n) is 15.9. The van der Waals surface area contributed by atoms with E-state index in [0.29, 0.717) is 26.0 Å². The van der Waals surface area contributed by atoms with Crippen molar-refractivity contribution in [2.24, 2.45) is 0 Å². The van der Waals surface area contributed by atoms with E-state index in [1.165, 1.54) is 0 Å². The molecule has 0 aliphatic rings. The van der Waals surface area contributed by atoms with E-state index in [1.807, 2.05) is 61.2 Å². The lowest BCUT2D eigenvalue weighted by molar-refractivity contribution is -0.120. The molecule has 2 heterocycles. The first-order chi connectivity index (χ1) is 13.0. The number of nitrogens with one attached hydrogen (secondary N) is 1. The number of hydrogen-bond acceptors (Lipinski definition) is 5. The smallest absolute Gasteiger partial charge is 0.224 e. The normalized spacial score (nSPS) is 10.8. The molecule has 0 fully saturated rings. The Morgan fingerprint density at radius 3 is 2.70 bits per heavy atom. The monoisotopic (exact) mass is 384 g/mol. The maximum Gasteiger partial charge on any atom is 0.224 e. The van der Waals surface area contributed by atoms with Gasteiger partial charge in [-0.15, -0.1) is 11.3 Å². The van der Waals surface area contributed by atoms with E-state index >= 15 is 0 Å². The molecule has 27 heavy (non-hydrogen) atoms. The predicted octanol–water partition coefficient (Wildman–Crippen LogP) is 3.25. The quantitative estimate of drug-likeness (QED) is 0.647. The lowest BCUT2D eigenvalue weighted by Crippen LogP contribution is -2.27. The van der Waals surface area contributed by atoms with Crippen molar-refractivity contribution >= 4 is 17.2 Å². The molecule has 0 unspecified atom stereocenters. The minimum Gasteiger partial charge on any atom is -0.494 e. The molecule has 1 N–H and O–H groups in total. The average Bonchev–Trinajstić information content (AvgIpc) is 3.23. The molecule has 0 atom stereocenters. The number of thiazole rings is 1. The Morgan fingerprint density at radius 2 is 2.04 bits per heavy atom. The number of rotatable bonds is 8. The van der Waals surface area contributed by atoms with E-state index in [-0.39, 0.29) is 5.91 Å². The van der Waals surface area contributed by atoms with Gasteiger partial charge < -0.3 is 10.1 Å². The van der Waals surface area contributed by atoms with Crippen molar-refractivity contribution in [3.8, 4) is 10.9 Å². The lowest BCUT2D eigenvalue weighted by Gasteiger charge is -2.06. The van der Waals surface area contributed by atoms with Gasteiger partial charge in [-0.3, -0.25) is 4.79 Å². The van der Waals surface area contributed by atoms with Crippen molar-refractivity contribution in [1.29, 1.82) is 0 Å². The SMILES string of the molecule is CCOc1ccc(CC(=O)NCCc2csc(-n3nc(C)cc3C)n2)cc1. The molecule has 0 aliphatic heterocycles. The van der Waals surface area contributed by atoms with E-state index in [1.54, 1.807) is 11.3 Å². The highest BCUT2D eigenvalue weighted by molar-refractivity contribution is 7.12. The van der Waals surface area contributed by atoms with E-state index in [2.05, 4.69) is 15.4 Å². The minimum atomic E-state index is 0.00755. The number of hydrogen-bond donors (Lipinski definition) is 1. The molecule has 142 valence electrons. The molecule has 2 aromatic heterocycles. The summed E-state index contributed by atoms with van der Waals surface area (Å²) in [6, 6.07) is 9.66. The van der Waals surface area contributed by atoms with Gasteiger partial charge >= 0.3 is 0 Å². The molecule has 3 aromatic rings. The molecule has 0 spiro atoms. The van der Waals surface area contributed by atoms with Crippen LogP contribution >= 0.6 is 11.3 Å². The molecule has 0 radical (unpaired) electrons. The highest BCUT2D eigenvalue weighted by Gasteiger charge is 2.09. The molecule has 0 aliphatic carbocycles. The Kier molecular flexibility index (Phi) is 6.24. The van der Waals surface area contributed by atoms with Crippen LogP contribution < -0.4 is 10.1 Å². The van der Waals surface area contributed by atoms with Gasteiger partial charge in [0.05, 0.1) is 24.4 Å². The van der Waals surface area contributed by atoms with Crippen LogP contribution in [0.3, 0.4) is 0 Å². The second-order valence-corrected chi connectivity index (χ2v) is 7.15. The summed E-state index contributed by atoms with van der Waals surface area (Å²) >= 11 is 1.56. The van der Waals surface area contributed by atoms with Gasteiger partial charge in [0.25, 0.3) is 0 Å². The zero-order valence-corrected chi connectivity index (χ0v) is 16.7. The number of carbonyl (C=O) groups excluding carboxylic acids is 1. The first-order valence-corrected chi connectivity index (χ1v) is 9.89. The van der Waals surface area contributed by atoms with Crippen LogP contribution in [0.5, 0.6) is 5.75 Å². The highest BCUT2D eigenvalue weighted by Crippen LogP contribution is 2.17. The molecule has 0 bridgehead atoms. The van der Waals surface area contributed by atoms with Crippen LogP contribution in [0.2, 0.25) is 0 Å². The Balaban J connectivity index is 1.47. The van der Waals surface area contributed by atoms with Gasteiger partial charge in [-0.25, -0.2) is 9.67 Å². The number of ether oxygens (including phenoxy) is 1. The first kappa shape index (κ1) is 19.1. The maximum atomic E-state index is 12.1. The van der Waals surface area contributed by atoms with Crippen molar-refractivity contribution in [3.63, 3.8) is 0 Å². The third kappa shape index (κ3) is 5.17. The van der Waals surface area contributed by atoms with Crippen molar-refractivity contribution in [1.82, 2.24) is 20.1 Å². The van der Waals surface area contributed by atoms with Crippen LogP contribution in [0, 0.1) is 13.8 Å². The first-order valence-electron chi connectivity index (χ1n) is 9.01. The molecule has 3 rings (SSSR count). The fourth-order valence-corrected chi connectivity index (χ4v) is 3.65. The van der Waals surface area contributed by atoms with Gasteiger partial charge in [0, 0.05) is 24.0 Å². The van der Waals surface area contributed by atoms with Crippen molar-refractivity contribution < 1.29 is 9.53 Å².